The molecule has 6 heteroatoms. The fraction of sp³-hybridized carbons (Fsp3) is 0.190. The molecule has 0 bridgehead atoms. The van der Waals surface area contributed by atoms with Gasteiger partial charge in [-0.25, -0.2) is 9.97 Å². The van der Waals surface area contributed by atoms with Gasteiger partial charge in [0.1, 0.15) is 10.8 Å². The summed E-state index contributed by atoms with van der Waals surface area (Å²) >= 11 is 1.65. The first-order chi connectivity index (χ1) is 13.1. The van der Waals surface area contributed by atoms with Crippen LogP contribution < -0.4 is 4.90 Å². The number of para-hydroxylation sites is 2. The molecule has 5 rings (SSSR count). The number of carbonyl (C=O) groups is 1. The Bertz CT molecular complexity index is 1190. The molecule has 3 heterocycles. The van der Waals surface area contributed by atoms with Crippen molar-refractivity contribution in [2.45, 2.75) is 12.8 Å². The minimum Gasteiger partial charge on any atom is -0.331 e. The number of nitrogens with zero attached hydrogens (tertiary/aromatic N) is 4. The van der Waals surface area contributed by atoms with E-state index in [-0.39, 0.29) is 5.91 Å². The van der Waals surface area contributed by atoms with Crippen LogP contribution in [0.3, 0.4) is 0 Å². The van der Waals surface area contributed by atoms with Crippen LogP contribution in [0, 0.1) is 0 Å². The number of rotatable bonds is 3. The van der Waals surface area contributed by atoms with Gasteiger partial charge in [0.15, 0.2) is 0 Å². The van der Waals surface area contributed by atoms with Gasteiger partial charge in [-0.3, -0.25) is 4.79 Å². The van der Waals surface area contributed by atoms with E-state index in [0.717, 1.165) is 44.4 Å². The lowest BCUT2D eigenvalue weighted by Gasteiger charge is -2.09. The highest BCUT2D eigenvalue weighted by molar-refractivity contribution is 7.10. The van der Waals surface area contributed by atoms with Crippen LogP contribution in [0.2, 0.25) is 0 Å². The van der Waals surface area contributed by atoms with Crippen LogP contribution in [0.15, 0.2) is 47.8 Å². The topological polar surface area (TPSA) is 51.0 Å². The Balaban J connectivity index is 1.44. The molecular weight excluding hydrogens is 356 g/mol. The van der Waals surface area contributed by atoms with E-state index in [9.17, 15) is 4.79 Å². The van der Waals surface area contributed by atoms with Gasteiger partial charge >= 0.3 is 0 Å². The van der Waals surface area contributed by atoms with Crippen LogP contribution in [-0.2, 0) is 24.7 Å². The van der Waals surface area contributed by atoms with Crippen LogP contribution in [0.4, 0.5) is 5.69 Å². The van der Waals surface area contributed by atoms with Crippen molar-refractivity contribution in [3.8, 4) is 11.3 Å². The Labute approximate surface area is 160 Å². The van der Waals surface area contributed by atoms with Gasteiger partial charge in [0.2, 0.25) is 5.91 Å². The first kappa shape index (κ1) is 16.2. The predicted octanol–water partition coefficient (Wildman–Crippen LogP) is 3.81. The number of hydrogen-bond donors (Lipinski definition) is 0. The van der Waals surface area contributed by atoms with Gasteiger partial charge in [0.05, 0.1) is 29.6 Å². The number of carbonyl (C=O) groups excluding carboxylic acids is 1. The summed E-state index contributed by atoms with van der Waals surface area (Å²) in [6, 6.07) is 14.3. The van der Waals surface area contributed by atoms with E-state index < -0.39 is 0 Å². The summed E-state index contributed by atoms with van der Waals surface area (Å²) in [7, 11) is 3.87. The number of anilines is 1. The summed E-state index contributed by atoms with van der Waals surface area (Å²) in [5, 5.41) is 3.12. The molecule has 0 fully saturated rings. The average molecular weight is 374 g/mol. The lowest BCUT2D eigenvalue weighted by atomic mass is 10.1. The van der Waals surface area contributed by atoms with E-state index in [0.29, 0.717) is 12.8 Å². The fourth-order valence-electron chi connectivity index (χ4n) is 3.64. The number of thiazole rings is 1. The first-order valence-electron chi connectivity index (χ1n) is 8.85. The number of hydrogen-bond acceptors (Lipinski definition) is 4. The molecule has 0 saturated carbocycles. The zero-order valence-electron chi connectivity index (χ0n) is 15.1. The maximum Gasteiger partial charge on any atom is 0.231 e. The van der Waals surface area contributed by atoms with E-state index in [4.69, 9.17) is 9.97 Å². The molecule has 1 aliphatic heterocycles. The molecule has 2 aromatic carbocycles. The highest BCUT2D eigenvalue weighted by atomic mass is 32.1. The van der Waals surface area contributed by atoms with Crippen LogP contribution in [0.1, 0.15) is 16.4 Å². The number of aromatic nitrogens is 3. The van der Waals surface area contributed by atoms with Crippen molar-refractivity contribution in [1.29, 1.82) is 0 Å². The predicted molar refractivity (Wildman–Crippen MR) is 108 cm³/mol. The minimum atomic E-state index is 0.142. The van der Waals surface area contributed by atoms with E-state index in [1.54, 1.807) is 16.2 Å². The van der Waals surface area contributed by atoms with Crippen LogP contribution in [-0.4, -0.2) is 27.5 Å². The molecular formula is C21H18N4OS. The molecule has 0 atom stereocenters. The Morgan fingerprint density at radius 1 is 1.11 bits per heavy atom. The molecule has 134 valence electrons. The van der Waals surface area contributed by atoms with Crippen molar-refractivity contribution < 1.29 is 4.79 Å². The molecule has 27 heavy (non-hydrogen) atoms. The van der Waals surface area contributed by atoms with Crippen molar-refractivity contribution in [3.05, 3.63) is 64.2 Å². The lowest BCUT2D eigenvalue weighted by molar-refractivity contribution is -0.117. The molecule has 1 aliphatic rings. The summed E-state index contributed by atoms with van der Waals surface area (Å²) in [5.41, 5.74) is 6.24. The number of benzene rings is 2. The number of imidazole rings is 1. The smallest absolute Gasteiger partial charge is 0.231 e. The fourth-order valence-corrected chi connectivity index (χ4v) is 4.44. The van der Waals surface area contributed by atoms with Gasteiger partial charge in [-0.1, -0.05) is 18.2 Å². The Morgan fingerprint density at radius 3 is 2.81 bits per heavy atom. The maximum absolute atomic E-state index is 11.9. The Hall–Kier alpha value is -2.99. The van der Waals surface area contributed by atoms with Gasteiger partial charge in [-0.05, 0) is 29.8 Å². The van der Waals surface area contributed by atoms with E-state index >= 15 is 0 Å². The highest BCUT2D eigenvalue weighted by Gasteiger charge is 2.24. The van der Waals surface area contributed by atoms with E-state index in [1.165, 1.54) is 0 Å². The Kier molecular flexibility index (Phi) is 3.62. The maximum atomic E-state index is 11.9. The standard InChI is InChI=1S/C21H18N4OS/c1-24-18-6-4-3-5-15(18)22-19(24)11-20-23-16(12-27-20)13-7-8-17-14(9-13)10-21(26)25(17)2/h3-9,12H,10-11H2,1-2H3. The zero-order valence-corrected chi connectivity index (χ0v) is 16.0. The summed E-state index contributed by atoms with van der Waals surface area (Å²) < 4.78 is 2.13. The van der Waals surface area contributed by atoms with Crippen LogP contribution in [0.5, 0.6) is 0 Å². The summed E-state index contributed by atoms with van der Waals surface area (Å²) in [4.78, 5) is 23.2. The minimum absolute atomic E-state index is 0.142. The second kappa shape index (κ2) is 6.03. The summed E-state index contributed by atoms with van der Waals surface area (Å²) in [6.07, 6.45) is 1.18. The van der Waals surface area contributed by atoms with Gasteiger partial charge in [-0.15, -0.1) is 11.3 Å². The first-order valence-corrected chi connectivity index (χ1v) is 9.73. The Morgan fingerprint density at radius 2 is 1.96 bits per heavy atom. The molecule has 0 saturated heterocycles. The zero-order chi connectivity index (χ0) is 18.5. The number of amides is 1. The second-order valence-electron chi connectivity index (χ2n) is 6.85. The largest absolute Gasteiger partial charge is 0.331 e. The van der Waals surface area contributed by atoms with Crippen molar-refractivity contribution >= 4 is 34.0 Å². The molecule has 0 spiro atoms. The van der Waals surface area contributed by atoms with Crippen molar-refractivity contribution in [2.24, 2.45) is 7.05 Å². The van der Waals surface area contributed by atoms with E-state index in [1.807, 2.05) is 44.4 Å². The van der Waals surface area contributed by atoms with E-state index in [2.05, 4.69) is 22.1 Å². The molecule has 0 aliphatic carbocycles. The van der Waals surface area contributed by atoms with Crippen molar-refractivity contribution in [1.82, 2.24) is 14.5 Å². The SMILES string of the molecule is CN1C(=O)Cc2cc(-c3csc(Cc4nc5ccccc5n4C)n3)ccc21. The van der Waals surface area contributed by atoms with Gasteiger partial charge < -0.3 is 9.47 Å². The number of fused-ring (bicyclic) bond motifs is 2. The average Bonchev–Trinajstić information content (AvgIpc) is 3.34. The molecule has 0 radical (unpaired) electrons. The van der Waals surface area contributed by atoms with Gasteiger partial charge in [0, 0.05) is 30.7 Å². The third-order valence-electron chi connectivity index (χ3n) is 5.19. The summed E-state index contributed by atoms with van der Waals surface area (Å²) in [6.45, 7) is 0. The quantitative estimate of drug-likeness (QED) is 0.548. The van der Waals surface area contributed by atoms with Crippen molar-refractivity contribution in [2.75, 3.05) is 11.9 Å². The molecule has 5 nitrogen and oxygen atoms in total. The van der Waals surface area contributed by atoms with Crippen LogP contribution in [0.25, 0.3) is 22.3 Å². The summed E-state index contributed by atoms with van der Waals surface area (Å²) in [5.74, 6) is 1.15. The third kappa shape index (κ3) is 2.64. The number of likely N-dealkylation sites (N-methyl/N-ethyl adjacent to an activating group) is 1. The van der Waals surface area contributed by atoms with Crippen molar-refractivity contribution in [3.63, 3.8) is 0 Å². The number of aryl methyl sites for hydroxylation is 1. The molecule has 0 unspecified atom stereocenters. The highest BCUT2D eigenvalue weighted by Crippen LogP contribution is 2.32. The third-order valence-corrected chi connectivity index (χ3v) is 6.04. The monoisotopic (exact) mass is 374 g/mol. The van der Waals surface area contributed by atoms with Crippen LogP contribution >= 0.6 is 11.3 Å². The normalized spacial score (nSPS) is 13.6. The van der Waals surface area contributed by atoms with Gasteiger partial charge in [0.25, 0.3) is 0 Å². The molecule has 0 N–H and O–H groups in total. The molecule has 2 aromatic heterocycles. The van der Waals surface area contributed by atoms with Gasteiger partial charge in [-0.2, -0.15) is 0 Å². The molecule has 1 amide bonds. The molecule has 4 aromatic rings. The lowest BCUT2D eigenvalue weighted by Crippen LogP contribution is -2.20. The second-order valence-corrected chi connectivity index (χ2v) is 7.79.